The molecular weight excluding hydrogens is 415 g/mol. The number of rotatable bonds is 4. The molecule has 1 saturated carbocycles. The van der Waals surface area contributed by atoms with E-state index in [1.165, 1.54) is 21.8 Å². The largest absolute Gasteiger partial charge is 0.469 e. The highest BCUT2D eigenvalue weighted by Gasteiger charge is 2.45. The van der Waals surface area contributed by atoms with Crippen LogP contribution in [0.25, 0.3) is 0 Å². The zero-order valence-corrected chi connectivity index (χ0v) is 15.6. The molecule has 0 amide bonds. The first-order chi connectivity index (χ1) is 11.7. The molecule has 0 saturated heterocycles. The van der Waals surface area contributed by atoms with Crippen molar-refractivity contribution in [1.82, 2.24) is 4.98 Å². The summed E-state index contributed by atoms with van der Waals surface area (Å²) in [6.45, 7) is 0. The second-order valence-electron chi connectivity index (χ2n) is 6.49. The predicted molar refractivity (Wildman–Crippen MR) is 101 cm³/mol. The van der Waals surface area contributed by atoms with Crippen molar-refractivity contribution in [3.05, 3.63) is 56.8 Å². The number of nitrogens with zero attached hydrogens (tertiary/aromatic N) is 1. The van der Waals surface area contributed by atoms with Crippen molar-refractivity contribution >= 4 is 34.4 Å². The van der Waals surface area contributed by atoms with Gasteiger partial charge in [0, 0.05) is 9.77 Å². The first-order valence-corrected chi connectivity index (χ1v) is 9.33. The number of benzene rings is 1. The molecule has 0 radical (unpaired) electrons. The number of carbonyl (C=O) groups excluding carboxylic acids is 1. The minimum absolute atomic E-state index is 0.0133. The number of aromatic nitrogens is 1. The average Bonchev–Trinajstić information content (AvgIpc) is 3.30. The van der Waals surface area contributed by atoms with Crippen molar-refractivity contribution in [2.45, 2.75) is 31.2 Å². The molecule has 0 bridgehead atoms. The number of carbonyl (C=O) groups is 1. The van der Waals surface area contributed by atoms with E-state index in [0.29, 0.717) is 6.04 Å². The number of hydrogen-bond acceptors (Lipinski definition) is 4. The second kappa shape index (κ2) is 6.35. The molecule has 24 heavy (non-hydrogen) atoms. The van der Waals surface area contributed by atoms with Crippen LogP contribution in [0.3, 0.4) is 0 Å². The summed E-state index contributed by atoms with van der Waals surface area (Å²) in [6.07, 6.45) is 4.98. The number of hydrogen-bond donors (Lipinski definition) is 1. The van der Waals surface area contributed by atoms with Crippen LogP contribution in [0, 0.1) is 9.49 Å². The van der Waals surface area contributed by atoms with Crippen LogP contribution in [0.2, 0.25) is 0 Å². The Labute approximate surface area is 155 Å². The minimum atomic E-state index is -0.112. The summed E-state index contributed by atoms with van der Waals surface area (Å²) in [5.74, 6) is 1.07. The fourth-order valence-corrected chi connectivity index (χ4v) is 4.41. The third-order valence-corrected chi connectivity index (χ3v) is 6.06. The van der Waals surface area contributed by atoms with E-state index in [1.807, 2.05) is 12.3 Å². The summed E-state index contributed by atoms with van der Waals surface area (Å²) in [5.41, 5.74) is 3.98. The topological polar surface area (TPSA) is 51.2 Å². The van der Waals surface area contributed by atoms with E-state index in [-0.39, 0.29) is 17.8 Å². The van der Waals surface area contributed by atoms with Crippen molar-refractivity contribution in [2.24, 2.45) is 5.92 Å². The first-order valence-electron chi connectivity index (χ1n) is 8.25. The summed E-state index contributed by atoms with van der Waals surface area (Å²) < 4.78 is 6.16. The maximum Gasteiger partial charge on any atom is 0.309 e. The molecule has 2 aliphatic carbocycles. The van der Waals surface area contributed by atoms with E-state index in [4.69, 9.17) is 4.74 Å². The van der Waals surface area contributed by atoms with Crippen LogP contribution in [-0.4, -0.2) is 18.1 Å². The number of pyridine rings is 1. The average molecular weight is 434 g/mol. The van der Waals surface area contributed by atoms with Gasteiger partial charge in [0.15, 0.2) is 0 Å². The van der Waals surface area contributed by atoms with Gasteiger partial charge in [-0.25, -0.2) is 4.98 Å². The molecular formula is C19H19IN2O2. The molecule has 1 fully saturated rings. The first kappa shape index (κ1) is 15.9. The number of methoxy groups -OCH3 is 1. The van der Waals surface area contributed by atoms with E-state index < -0.39 is 0 Å². The number of fused-ring (bicyclic) bond motifs is 1. The Kier molecular flexibility index (Phi) is 4.20. The third kappa shape index (κ3) is 2.90. The van der Waals surface area contributed by atoms with Crippen molar-refractivity contribution in [1.29, 1.82) is 0 Å². The molecule has 5 heteroatoms. The van der Waals surface area contributed by atoms with Gasteiger partial charge in [0.1, 0.15) is 5.82 Å². The Morgan fingerprint density at radius 2 is 2.21 bits per heavy atom. The molecule has 2 aliphatic rings. The molecule has 0 unspecified atom stereocenters. The van der Waals surface area contributed by atoms with Gasteiger partial charge in [-0.15, -0.1) is 0 Å². The van der Waals surface area contributed by atoms with Gasteiger partial charge in [-0.3, -0.25) is 4.79 Å². The molecule has 1 aromatic heterocycles. The highest BCUT2D eigenvalue weighted by Crippen LogP contribution is 2.48. The van der Waals surface area contributed by atoms with Gasteiger partial charge in [0.05, 0.1) is 19.1 Å². The molecule has 0 aliphatic heterocycles. The molecule has 124 valence electrons. The van der Waals surface area contributed by atoms with Crippen LogP contribution in [0.15, 0.2) is 36.5 Å². The lowest BCUT2D eigenvalue weighted by Crippen LogP contribution is -2.08. The number of ether oxygens (including phenoxy) is 1. The maximum absolute atomic E-state index is 11.5. The quantitative estimate of drug-likeness (QED) is 0.583. The summed E-state index contributed by atoms with van der Waals surface area (Å²) >= 11 is 2.41. The molecule has 1 heterocycles. The van der Waals surface area contributed by atoms with Crippen molar-refractivity contribution in [3.8, 4) is 0 Å². The number of nitrogens with one attached hydrogen (secondary N) is 1. The van der Waals surface area contributed by atoms with Crippen LogP contribution in [0.5, 0.6) is 0 Å². The standard InChI is InChI=1S/C19H19IN2O2/c1-24-19(23)15-9-14(15)11-5-8-18(21-10-11)22-17-7-6-12-13(17)3-2-4-16(12)20/h2-5,8,10,14-15,17H,6-7,9H2,1H3,(H,21,22)/t14-,15+,17-/m1/s1. The highest BCUT2D eigenvalue weighted by molar-refractivity contribution is 14.1. The normalized spacial score (nSPS) is 24.3. The monoisotopic (exact) mass is 434 g/mol. The Bertz CT molecular complexity index is 775. The zero-order chi connectivity index (χ0) is 16.7. The van der Waals surface area contributed by atoms with Gasteiger partial charge in [-0.2, -0.15) is 0 Å². The fraction of sp³-hybridized carbons (Fsp3) is 0.368. The lowest BCUT2D eigenvalue weighted by Gasteiger charge is -2.15. The Morgan fingerprint density at radius 3 is 2.96 bits per heavy atom. The summed E-state index contributed by atoms with van der Waals surface area (Å²) in [4.78, 5) is 16.1. The van der Waals surface area contributed by atoms with Crippen LogP contribution >= 0.6 is 22.6 Å². The van der Waals surface area contributed by atoms with E-state index in [2.05, 4.69) is 57.2 Å². The Hall–Kier alpha value is -1.63. The molecule has 4 rings (SSSR count). The minimum Gasteiger partial charge on any atom is -0.469 e. The van der Waals surface area contributed by atoms with Gasteiger partial charge >= 0.3 is 5.97 Å². The number of esters is 1. The lowest BCUT2D eigenvalue weighted by molar-refractivity contribution is -0.142. The highest BCUT2D eigenvalue weighted by atomic mass is 127. The van der Waals surface area contributed by atoms with Crippen LogP contribution in [-0.2, 0) is 16.0 Å². The molecule has 1 N–H and O–H groups in total. The molecule has 4 nitrogen and oxygen atoms in total. The molecule has 0 spiro atoms. The lowest BCUT2D eigenvalue weighted by atomic mass is 10.1. The summed E-state index contributed by atoms with van der Waals surface area (Å²) in [5, 5.41) is 3.55. The SMILES string of the molecule is COC(=O)[C@H]1C[C@@H]1c1ccc(N[C@@H]2CCc3c(I)cccc32)nc1. The van der Waals surface area contributed by atoms with Gasteiger partial charge in [-0.1, -0.05) is 18.2 Å². The van der Waals surface area contributed by atoms with Crippen molar-refractivity contribution in [3.63, 3.8) is 0 Å². The van der Waals surface area contributed by atoms with Gasteiger partial charge in [-0.05, 0) is 76.6 Å². The number of halogens is 1. The van der Waals surface area contributed by atoms with Crippen LogP contribution in [0.1, 0.15) is 41.5 Å². The predicted octanol–water partition coefficient (Wildman–Crippen LogP) is 4.06. The van der Waals surface area contributed by atoms with Gasteiger partial charge < -0.3 is 10.1 Å². The maximum atomic E-state index is 11.5. The van der Waals surface area contributed by atoms with Crippen LogP contribution < -0.4 is 5.32 Å². The second-order valence-corrected chi connectivity index (χ2v) is 7.65. The van der Waals surface area contributed by atoms with Crippen molar-refractivity contribution < 1.29 is 9.53 Å². The third-order valence-electron chi connectivity index (χ3n) is 5.04. The van der Waals surface area contributed by atoms with Crippen LogP contribution in [0.4, 0.5) is 5.82 Å². The smallest absolute Gasteiger partial charge is 0.309 e. The number of anilines is 1. The summed E-state index contributed by atoms with van der Waals surface area (Å²) in [7, 11) is 1.45. The summed E-state index contributed by atoms with van der Waals surface area (Å²) in [6, 6.07) is 10.9. The Morgan fingerprint density at radius 1 is 1.33 bits per heavy atom. The molecule has 2 aromatic rings. The van der Waals surface area contributed by atoms with Crippen molar-refractivity contribution in [2.75, 3.05) is 12.4 Å². The van der Waals surface area contributed by atoms with E-state index in [1.54, 1.807) is 0 Å². The van der Waals surface area contributed by atoms with E-state index in [0.717, 1.165) is 30.6 Å². The van der Waals surface area contributed by atoms with Gasteiger partial charge in [0.2, 0.25) is 0 Å². The van der Waals surface area contributed by atoms with E-state index in [9.17, 15) is 4.79 Å². The van der Waals surface area contributed by atoms with Gasteiger partial charge in [0.25, 0.3) is 0 Å². The Balaban J connectivity index is 1.44. The van der Waals surface area contributed by atoms with E-state index >= 15 is 0 Å². The molecule has 3 atom stereocenters. The fourth-order valence-electron chi connectivity index (χ4n) is 3.62. The molecule has 1 aromatic carbocycles. The zero-order valence-electron chi connectivity index (χ0n) is 13.5.